The first kappa shape index (κ1) is 14.8. The monoisotopic (exact) mass is 263 g/mol. The Morgan fingerprint density at radius 1 is 1.33 bits per heavy atom. The van der Waals surface area contributed by atoms with Gasteiger partial charge in [0.05, 0.1) is 18.3 Å². The van der Waals surface area contributed by atoms with Crippen molar-refractivity contribution in [2.45, 2.75) is 25.8 Å². The molecular weight excluding hydrogens is 247 g/mol. The number of aliphatic hydroxyl groups is 2. The van der Waals surface area contributed by atoms with Crippen LogP contribution in [0.1, 0.15) is 18.1 Å². The van der Waals surface area contributed by atoms with Crippen LogP contribution in [0.4, 0.5) is 18.9 Å². The van der Waals surface area contributed by atoms with Crippen LogP contribution in [0.5, 0.6) is 0 Å². The maximum absolute atomic E-state index is 12.9. The molecule has 1 unspecified atom stereocenters. The first-order valence-electron chi connectivity index (χ1n) is 5.46. The zero-order valence-corrected chi connectivity index (χ0v) is 10.2. The van der Waals surface area contributed by atoms with E-state index in [2.05, 4.69) is 0 Å². The highest BCUT2D eigenvalue weighted by Crippen LogP contribution is 2.37. The summed E-state index contributed by atoms with van der Waals surface area (Å²) >= 11 is 0. The number of nitrogens with zero attached hydrogens (tertiary/aromatic N) is 1. The van der Waals surface area contributed by atoms with Crippen LogP contribution in [-0.4, -0.2) is 29.9 Å². The highest BCUT2D eigenvalue weighted by atomic mass is 19.4. The lowest BCUT2D eigenvalue weighted by Crippen LogP contribution is -2.29. The molecule has 1 atom stereocenters. The number of rotatable bonds is 4. The van der Waals surface area contributed by atoms with E-state index in [0.29, 0.717) is 0 Å². The standard InChI is InChI=1S/C12H16F3NO2/c1-8(18)6-16(2)11-4-3-9(7-17)5-10(11)12(13,14)15/h3-5,8,17-18H,6-7H2,1-2H3. The number of hydrogen-bond donors (Lipinski definition) is 2. The summed E-state index contributed by atoms with van der Waals surface area (Å²) in [4.78, 5) is 1.34. The van der Waals surface area contributed by atoms with Gasteiger partial charge in [-0.2, -0.15) is 13.2 Å². The largest absolute Gasteiger partial charge is 0.418 e. The molecule has 0 saturated heterocycles. The highest BCUT2D eigenvalue weighted by Gasteiger charge is 2.34. The Morgan fingerprint density at radius 3 is 2.39 bits per heavy atom. The first-order chi connectivity index (χ1) is 8.25. The third-order valence-electron chi connectivity index (χ3n) is 2.50. The van der Waals surface area contributed by atoms with Gasteiger partial charge >= 0.3 is 6.18 Å². The Kier molecular flexibility index (Phi) is 4.59. The lowest BCUT2D eigenvalue weighted by molar-refractivity contribution is -0.137. The van der Waals surface area contributed by atoms with Crippen molar-refractivity contribution in [1.82, 2.24) is 0 Å². The van der Waals surface area contributed by atoms with Crippen molar-refractivity contribution >= 4 is 5.69 Å². The van der Waals surface area contributed by atoms with E-state index in [-0.39, 0.29) is 17.8 Å². The Hall–Kier alpha value is -1.27. The van der Waals surface area contributed by atoms with Gasteiger partial charge in [-0.05, 0) is 24.6 Å². The molecule has 0 aliphatic heterocycles. The Labute approximate surface area is 103 Å². The predicted molar refractivity (Wildman–Crippen MR) is 62.3 cm³/mol. The molecule has 0 radical (unpaired) electrons. The smallest absolute Gasteiger partial charge is 0.392 e. The third kappa shape index (κ3) is 3.61. The molecule has 102 valence electrons. The van der Waals surface area contributed by atoms with Crippen molar-refractivity contribution in [3.63, 3.8) is 0 Å². The number of aliphatic hydroxyl groups excluding tert-OH is 2. The summed E-state index contributed by atoms with van der Waals surface area (Å²) in [6.45, 7) is 1.16. The molecule has 1 rings (SSSR count). The molecule has 0 aliphatic carbocycles. The summed E-state index contributed by atoms with van der Waals surface area (Å²) in [6, 6.07) is 3.66. The predicted octanol–water partition coefficient (Wildman–Crippen LogP) is 2.01. The van der Waals surface area contributed by atoms with E-state index in [4.69, 9.17) is 5.11 Å². The molecule has 2 N–H and O–H groups in total. The quantitative estimate of drug-likeness (QED) is 0.873. The molecular formula is C12H16F3NO2. The van der Waals surface area contributed by atoms with Gasteiger partial charge in [-0.1, -0.05) is 6.07 Å². The van der Waals surface area contributed by atoms with Gasteiger partial charge in [0.2, 0.25) is 0 Å². The van der Waals surface area contributed by atoms with E-state index < -0.39 is 24.5 Å². The van der Waals surface area contributed by atoms with Gasteiger partial charge in [-0.25, -0.2) is 0 Å². The van der Waals surface area contributed by atoms with Crippen molar-refractivity contribution in [2.24, 2.45) is 0 Å². The normalized spacial score (nSPS) is 13.5. The molecule has 18 heavy (non-hydrogen) atoms. The summed E-state index contributed by atoms with van der Waals surface area (Å²) in [5.74, 6) is 0. The number of halogens is 3. The van der Waals surface area contributed by atoms with Crippen LogP contribution in [0.25, 0.3) is 0 Å². The van der Waals surface area contributed by atoms with E-state index in [1.165, 1.54) is 31.0 Å². The molecule has 6 heteroatoms. The van der Waals surface area contributed by atoms with E-state index >= 15 is 0 Å². The second-order valence-electron chi connectivity index (χ2n) is 4.24. The molecule has 0 aromatic heterocycles. The number of anilines is 1. The van der Waals surface area contributed by atoms with Crippen LogP contribution in [0.3, 0.4) is 0 Å². The molecule has 3 nitrogen and oxygen atoms in total. The Morgan fingerprint density at radius 2 is 1.94 bits per heavy atom. The zero-order valence-electron chi connectivity index (χ0n) is 10.2. The van der Waals surface area contributed by atoms with E-state index in [0.717, 1.165) is 6.07 Å². The molecule has 1 aromatic rings. The fourth-order valence-electron chi connectivity index (χ4n) is 1.74. The van der Waals surface area contributed by atoms with Crippen LogP contribution < -0.4 is 4.90 Å². The Balaban J connectivity index is 3.18. The van der Waals surface area contributed by atoms with Gasteiger partial charge in [-0.15, -0.1) is 0 Å². The minimum atomic E-state index is -4.49. The van der Waals surface area contributed by atoms with Gasteiger partial charge in [0.15, 0.2) is 0 Å². The summed E-state index contributed by atoms with van der Waals surface area (Å²) in [5, 5.41) is 18.1. The minimum Gasteiger partial charge on any atom is -0.392 e. The minimum absolute atomic E-state index is 0.0133. The van der Waals surface area contributed by atoms with Gasteiger partial charge < -0.3 is 15.1 Å². The highest BCUT2D eigenvalue weighted by molar-refractivity contribution is 5.56. The van der Waals surface area contributed by atoms with E-state index in [1.54, 1.807) is 0 Å². The summed E-state index contributed by atoms with van der Waals surface area (Å²) < 4.78 is 38.7. The summed E-state index contributed by atoms with van der Waals surface area (Å²) in [5.41, 5.74) is -0.616. The fraction of sp³-hybridized carbons (Fsp3) is 0.500. The molecule has 0 aliphatic rings. The van der Waals surface area contributed by atoms with Crippen LogP contribution in [0.15, 0.2) is 18.2 Å². The first-order valence-corrected chi connectivity index (χ1v) is 5.46. The van der Waals surface area contributed by atoms with Gasteiger partial charge in [0, 0.05) is 19.3 Å². The number of benzene rings is 1. The van der Waals surface area contributed by atoms with Crippen molar-refractivity contribution < 1.29 is 23.4 Å². The average Bonchev–Trinajstić information content (AvgIpc) is 2.26. The molecule has 0 fully saturated rings. The molecule has 0 saturated carbocycles. The van der Waals surface area contributed by atoms with E-state index in [9.17, 15) is 18.3 Å². The van der Waals surface area contributed by atoms with Crippen LogP contribution in [0.2, 0.25) is 0 Å². The fourth-order valence-corrected chi connectivity index (χ4v) is 1.74. The van der Waals surface area contributed by atoms with Crippen LogP contribution in [-0.2, 0) is 12.8 Å². The number of alkyl halides is 3. The van der Waals surface area contributed by atoms with Crippen molar-refractivity contribution in [3.8, 4) is 0 Å². The van der Waals surface area contributed by atoms with Crippen molar-refractivity contribution in [2.75, 3.05) is 18.5 Å². The summed E-state index contributed by atoms with van der Waals surface area (Å²) in [7, 11) is 1.48. The lowest BCUT2D eigenvalue weighted by atomic mass is 10.1. The third-order valence-corrected chi connectivity index (χ3v) is 2.50. The maximum Gasteiger partial charge on any atom is 0.418 e. The molecule has 0 heterocycles. The topological polar surface area (TPSA) is 43.7 Å². The second kappa shape index (κ2) is 5.58. The van der Waals surface area contributed by atoms with Crippen LogP contribution in [0, 0.1) is 0 Å². The second-order valence-corrected chi connectivity index (χ2v) is 4.24. The molecule has 0 amide bonds. The molecule has 0 spiro atoms. The van der Waals surface area contributed by atoms with Gasteiger partial charge in [0.25, 0.3) is 0 Å². The van der Waals surface area contributed by atoms with Crippen LogP contribution >= 0.6 is 0 Å². The van der Waals surface area contributed by atoms with E-state index in [1.807, 2.05) is 0 Å². The zero-order chi connectivity index (χ0) is 13.9. The lowest BCUT2D eigenvalue weighted by Gasteiger charge is -2.25. The van der Waals surface area contributed by atoms with Gasteiger partial charge in [-0.3, -0.25) is 0 Å². The summed E-state index contributed by atoms with van der Waals surface area (Å²) in [6.07, 6.45) is -5.22. The van der Waals surface area contributed by atoms with Crippen molar-refractivity contribution in [1.29, 1.82) is 0 Å². The molecule has 0 bridgehead atoms. The van der Waals surface area contributed by atoms with Crippen molar-refractivity contribution in [3.05, 3.63) is 29.3 Å². The number of likely N-dealkylation sites (N-methyl/N-ethyl adjacent to an activating group) is 1. The Bertz CT molecular complexity index is 405. The maximum atomic E-state index is 12.9. The molecule has 1 aromatic carbocycles. The average molecular weight is 263 g/mol. The number of hydrogen-bond acceptors (Lipinski definition) is 3. The van der Waals surface area contributed by atoms with Gasteiger partial charge in [0.1, 0.15) is 0 Å². The SMILES string of the molecule is CC(O)CN(C)c1ccc(CO)cc1C(F)(F)F.